The van der Waals surface area contributed by atoms with E-state index < -0.39 is 0 Å². The van der Waals surface area contributed by atoms with Gasteiger partial charge in [-0.25, -0.2) is 4.98 Å². The molecule has 1 atom stereocenters. The quantitative estimate of drug-likeness (QED) is 0.927. The first-order valence-corrected chi connectivity index (χ1v) is 7.50. The van der Waals surface area contributed by atoms with Crippen LogP contribution in [0.4, 0.5) is 0 Å². The largest absolute Gasteiger partial charge is 0.325 e. The number of halogens is 1. The Bertz CT molecular complexity index is 597. The van der Waals surface area contributed by atoms with Gasteiger partial charge >= 0.3 is 0 Å². The van der Waals surface area contributed by atoms with E-state index >= 15 is 0 Å². The van der Waals surface area contributed by atoms with Crippen molar-refractivity contribution in [2.24, 2.45) is 0 Å². The molecule has 102 valence electrons. The number of nitrogens with one attached hydrogen (secondary N) is 1. The Kier molecular flexibility index (Phi) is 3.27. The van der Waals surface area contributed by atoms with Crippen LogP contribution in [0.1, 0.15) is 38.9 Å². The van der Waals surface area contributed by atoms with Crippen molar-refractivity contribution in [2.75, 3.05) is 6.54 Å². The highest BCUT2D eigenvalue weighted by molar-refractivity contribution is 6.35. The monoisotopic (exact) mass is 277 g/mol. The molecule has 1 fully saturated rings. The molecule has 0 aliphatic carbocycles. The summed E-state index contributed by atoms with van der Waals surface area (Å²) in [6.07, 6.45) is 3.44. The van der Waals surface area contributed by atoms with Gasteiger partial charge in [0, 0.05) is 6.54 Å². The minimum Gasteiger partial charge on any atom is -0.325 e. The van der Waals surface area contributed by atoms with Crippen LogP contribution < -0.4 is 5.32 Å². The van der Waals surface area contributed by atoms with Crippen molar-refractivity contribution in [1.29, 1.82) is 0 Å². The summed E-state index contributed by atoms with van der Waals surface area (Å²) >= 11 is 6.37. The summed E-state index contributed by atoms with van der Waals surface area (Å²) in [6, 6.07) is 5.97. The zero-order valence-corrected chi connectivity index (χ0v) is 12.3. The van der Waals surface area contributed by atoms with E-state index in [1.54, 1.807) is 0 Å². The van der Waals surface area contributed by atoms with E-state index in [1.807, 2.05) is 12.1 Å². The maximum absolute atomic E-state index is 6.37. The fraction of sp³-hybridized carbons (Fsp3) is 0.533. The van der Waals surface area contributed by atoms with Crippen molar-refractivity contribution >= 4 is 22.6 Å². The van der Waals surface area contributed by atoms with E-state index in [2.05, 4.69) is 29.8 Å². The lowest BCUT2D eigenvalue weighted by molar-refractivity contribution is 0.341. The number of rotatable bonds is 3. The third-order valence-corrected chi connectivity index (χ3v) is 4.61. The van der Waals surface area contributed by atoms with E-state index in [-0.39, 0.29) is 5.54 Å². The number of aryl methyl sites for hydroxylation is 1. The summed E-state index contributed by atoms with van der Waals surface area (Å²) in [5, 5.41) is 4.46. The Morgan fingerprint density at radius 1 is 1.42 bits per heavy atom. The zero-order chi connectivity index (χ0) is 13.5. The Hall–Kier alpha value is -1.06. The maximum Gasteiger partial charge on any atom is 0.130 e. The van der Waals surface area contributed by atoms with Gasteiger partial charge in [0.2, 0.25) is 0 Å². The molecule has 1 N–H and O–H groups in total. The average molecular weight is 278 g/mol. The van der Waals surface area contributed by atoms with E-state index in [1.165, 1.54) is 6.42 Å². The van der Waals surface area contributed by atoms with Crippen LogP contribution in [0.2, 0.25) is 5.02 Å². The second-order valence-electron chi connectivity index (χ2n) is 5.25. The van der Waals surface area contributed by atoms with Crippen molar-refractivity contribution in [3.05, 3.63) is 29.0 Å². The Balaban J connectivity index is 2.26. The van der Waals surface area contributed by atoms with Gasteiger partial charge < -0.3 is 9.88 Å². The molecule has 1 aromatic carbocycles. The molecule has 1 aromatic heterocycles. The highest BCUT2D eigenvalue weighted by Crippen LogP contribution is 2.36. The molecule has 0 radical (unpaired) electrons. The second kappa shape index (κ2) is 4.80. The predicted molar refractivity (Wildman–Crippen MR) is 79.6 cm³/mol. The van der Waals surface area contributed by atoms with Gasteiger partial charge in [0.1, 0.15) is 5.82 Å². The minimum absolute atomic E-state index is 0.0261. The molecule has 1 saturated heterocycles. The van der Waals surface area contributed by atoms with Crippen LogP contribution in [0.5, 0.6) is 0 Å². The summed E-state index contributed by atoms with van der Waals surface area (Å²) < 4.78 is 2.28. The van der Waals surface area contributed by atoms with Gasteiger partial charge in [0.15, 0.2) is 0 Å². The smallest absolute Gasteiger partial charge is 0.130 e. The first kappa shape index (κ1) is 12.9. The van der Waals surface area contributed by atoms with Crippen LogP contribution >= 0.6 is 11.6 Å². The van der Waals surface area contributed by atoms with E-state index in [9.17, 15) is 0 Å². The molecule has 0 amide bonds. The van der Waals surface area contributed by atoms with Gasteiger partial charge in [-0.15, -0.1) is 0 Å². The first-order chi connectivity index (χ1) is 9.22. The fourth-order valence-electron chi connectivity index (χ4n) is 3.27. The Morgan fingerprint density at radius 2 is 2.26 bits per heavy atom. The lowest BCUT2D eigenvalue weighted by atomic mass is 9.93. The van der Waals surface area contributed by atoms with Crippen LogP contribution in [0, 0.1) is 0 Å². The molecule has 4 heteroatoms. The van der Waals surface area contributed by atoms with Gasteiger partial charge in [-0.1, -0.05) is 24.6 Å². The molecule has 0 spiro atoms. The standard InChI is InChI=1S/C15H20ClN3/c1-3-15(9-6-10-17-15)14-18-12-8-5-7-11(16)13(12)19(14)4-2/h5,7-8,17H,3-4,6,9-10H2,1-2H3. The number of fused-ring (bicyclic) bond motifs is 1. The summed E-state index contributed by atoms with van der Waals surface area (Å²) in [4.78, 5) is 4.89. The summed E-state index contributed by atoms with van der Waals surface area (Å²) in [6.45, 7) is 6.37. The number of para-hydroxylation sites is 1. The normalized spacial score (nSPS) is 23.3. The van der Waals surface area contributed by atoms with Crippen molar-refractivity contribution < 1.29 is 0 Å². The van der Waals surface area contributed by atoms with Crippen LogP contribution in [0.15, 0.2) is 18.2 Å². The van der Waals surface area contributed by atoms with Crippen LogP contribution in [0.25, 0.3) is 11.0 Å². The third-order valence-electron chi connectivity index (χ3n) is 4.31. The van der Waals surface area contributed by atoms with Crippen molar-refractivity contribution in [3.63, 3.8) is 0 Å². The molecular formula is C15H20ClN3. The SMILES string of the molecule is CCn1c(C2(CC)CCCN2)nc2cccc(Cl)c21. The summed E-state index contributed by atoms with van der Waals surface area (Å²) in [7, 11) is 0. The number of hydrogen-bond acceptors (Lipinski definition) is 2. The van der Waals surface area contributed by atoms with Crippen LogP contribution in [-0.2, 0) is 12.1 Å². The van der Waals surface area contributed by atoms with Gasteiger partial charge in [0.25, 0.3) is 0 Å². The molecule has 2 heterocycles. The van der Waals surface area contributed by atoms with Gasteiger partial charge in [-0.3, -0.25) is 0 Å². The Morgan fingerprint density at radius 3 is 2.89 bits per heavy atom. The zero-order valence-electron chi connectivity index (χ0n) is 11.5. The fourth-order valence-corrected chi connectivity index (χ4v) is 3.54. The number of benzene rings is 1. The molecule has 3 nitrogen and oxygen atoms in total. The lowest BCUT2D eigenvalue weighted by Crippen LogP contribution is -2.38. The van der Waals surface area contributed by atoms with E-state index in [0.717, 1.165) is 47.8 Å². The van der Waals surface area contributed by atoms with Crippen molar-refractivity contribution in [1.82, 2.24) is 14.9 Å². The predicted octanol–water partition coefficient (Wildman–Crippen LogP) is 3.70. The molecule has 1 aliphatic rings. The maximum atomic E-state index is 6.37. The lowest BCUT2D eigenvalue weighted by Gasteiger charge is -2.28. The Labute approximate surface area is 119 Å². The number of imidazole rings is 1. The number of nitrogens with zero attached hydrogens (tertiary/aromatic N) is 2. The van der Waals surface area contributed by atoms with Gasteiger partial charge in [-0.05, 0) is 44.9 Å². The molecule has 19 heavy (non-hydrogen) atoms. The third kappa shape index (κ3) is 1.87. The summed E-state index contributed by atoms with van der Waals surface area (Å²) in [5.41, 5.74) is 2.10. The second-order valence-corrected chi connectivity index (χ2v) is 5.66. The molecule has 3 rings (SSSR count). The average Bonchev–Trinajstić information content (AvgIpc) is 3.04. The molecular weight excluding hydrogens is 258 g/mol. The minimum atomic E-state index is 0.0261. The van der Waals surface area contributed by atoms with Crippen molar-refractivity contribution in [3.8, 4) is 0 Å². The van der Waals surface area contributed by atoms with Gasteiger partial charge in [0.05, 0.1) is 21.6 Å². The highest BCUT2D eigenvalue weighted by atomic mass is 35.5. The van der Waals surface area contributed by atoms with Gasteiger partial charge in [-0.2, -0.15) is 0 Å². The number of hydrogen-bond donors (Lipinski definition) is 1. The van der Waals surface area contributed by atoms with E-state index in [0.29, 0.717) is 0 Å². The first-order valence-electron chi connectivity index (χ1n) is 7.12. The van der Waals surface area contributed by atoms with Crippen molar-refractivity contribution in [2.45, 2.75) is 45.2 Å². The van der Waals surface area contributed by atoms with E-state index in [4.69, 9.17) is 16.6 Å². The number of aromatic nitrogens is 2. The van der Waals surface area contributed by atoms with Crippen LogP contribution in [-0.4, -0.2) is 16.1 Å². The molecule has 0 bridgehead atoms. The summed E-state index contributed by atoms with van der Waals surface area (Å²) in [5.74, 6) is 1.15. The molecule has 1 aliphatic heterocycles. The molecule has 0 saturated carbocycles. The van der Waals surface area contributed by atoms with Crippen LogP contribution in [0.3, 0.4) is 0 Å². The molecule has 2 aromatic rings. The highest BCUT2D eigenvalue weighted by Gasteiger charge is 2.38. The topological polar surface area (TPSA) is 29.9 Å². The molecule has 1 unspecified atom stereocenters.